The van der Waals surface area contributed by atoms with Crippen LogP contribution in [0.1, 0.15) is 23.6 Å². The lowest BCUT2D eigenvalue weighted by Crippen LogP contribution is -2.32. The highest BCUT2D eigenvalue weighted by Crippen LogP contribution is 2.19. The van der Waals surface area contributed by atoms with Gasteiger partial charge in [-0.3, -0.25) is 0 Å². The van der Waals surface area contributed by atoms with E-state index in [1.807, 2.05) is 19.9 Å². The lowest BCUT2D eigenvalue weighted by atomic mass is 10.4. The van der Waals surface area contributed by atoms with Gasteiger partial charge in [0.15, 0.2) is 5.82 Å². The van der Waals surface area contributed by atoms with Crippen LogP contribution in [0.4, 0.5) is 19.0 Å². The lowest BCUT2D eigenvalue weighted by molar-refractivity contribution is -0.129. The monoisotopic (exact) mass is 406 g/mol. The fourth-order valence-corrected chi connectivity index (χ4v) is 3.39. The van der Waals surface area contributed by atoms with E-state index in [0.717, 1.165) is 11.4 Å². The fourth-order valence-electron chi connectivity index (χ4n) is 2.33. The number of aromatic nitrogens is 4. The van der Waals surface area contributed by atoms with Gasteiger partial charge in [0.05, 0.1) is 17.9 Å². The van der Waals surface area contributed by atoms with Crippen molar-refractivity contribution in [3.8, 4) is 5.82 Å². The molecule has 0 saturated heterocycles. The third-order valence-electron chi connectivity index (χ3n) is 3.46. The van der Waals surface area contributed by atoms with Gasteiger partial charge in [0.1, 0.15) is 11.6 Å². The van der Waals surface area contributed by atoms with Gasteiger partial charge < -0.3 is 5.32 Å². The van der Waals surface area contributed by atoms with Crippen LogP contribution in [0.5, 0.6) is 0 Å². The second-order valence-electron chi connectivity index (χ2n) is 6.00. The summed E-state index contributed by atoms with van der Waals surface area (Å²) in [5.41, 5.74) is 1.74. The summed E-state index contributed by atoms with van der Waals surface area (Å²) in [6.07, 6.45) is -5.89. The summed E-state index contributed by atoms with van der Waals surface area (Å²) in [7, 11) is -3.99. The summed E-state index contributed by atoms with van der Waals surface area (Å²) in [6.45, 7) is 5.54. The van der Waals surface area contributed by atoms with E-state index in [2.05, 4.69) is 25.1 Å². The summed E-state index contributed by atoms with van der Waals surface area (Å²) in [4.78, 5) is 8.53. The molecule has 2 heterocycles. The normalized spacial score (nSPS) is 12.4. The maximum atomic E-state index is 12.1. The number of nitrogens with one attached hydrogen (secondary N) is 2. The van der Waals surface area contributed by atoms with Crippen molar-refractivity contribution < 1.29 is 21.6 Å². The Morgan fingerprint density at radius 2 is 1.81 bits per heavy atom. The van der Waals surface area contributed by atoms with Crippen molar-refractivity contribution in [1.29, 1.82) is 0 Å². The van der Waals surface area contributed by atoms with Crippen LogP contribution in [0.15, 0.2) is 12.1 Å². The number of sulfonamides is 1. The minimum atomic E-state index is -4.51. The molecular formula is C15H21F3N6O2S. The Kier molecular flexibility index (Phi) is 6.42. The number of hydrogen-bond donors (Lipinski definition) is 2. The molecule has 0 aliphatic rings. The number of rotatable bonds is 8. The first-order valence-corrected chi connectivity index (χ1v) is 9.78. The van der Waals surface area contributed by atoms with Gasteiger partial charge in [0.25, 0.3) is 0 Å². The molecule has 0 radical (unpaired) electrons. The summed E-state index contributed by atoms with van der Waals surface area (Å²) >= 11 is 0. The van der Waals surface area contributed by atoms with Crippen molar-refractivity contribution in [3.05, 3.63) is 29.3 Å². The number of hydrogen-bond acceptors (Lipinski definition) is 6. The first-order valence-electron chi connectivity index (χ1n) is 8.12. The third-order valence-corrected chi connectivity index (χ3v) is 4.84. The smallest absolute Gasteiger partial charge is 0.369 e. The Balaban J connectivity index is 1.94. The van der Waals surface area contributed by atoms with E-state index >= 15 is 0 Å². The second kappa shape index (κ2) is 8.21. The molecule has 2 N–H and O–H groups in total. The van der Waals surface area contributed by atoms with Gasteiger partial charge in [-0.05, 0) is 26.8 Å². The van der Waals surface area contributed by atoms with E-state index in [0.29, 0.717) is 17.5 Å². The van der Waals surface area contributed by atoms with Crippen molar-refractivity contribution in [2.45, 2.75) is 33.4 Å². The predicted octanol–water partition coefficient (Wildman–Crippen LogP) is 1.87. The fraction of sp³-hybridized carbons (Fsp3) is 0.533. The Morgan fingerprint density at radius 3 is 2.41 bits per heavy atom. The van der Waals surface area contributed by atoms with Crippen molar-refractivity contribution in [2.75, 3.05) is 24.2 Å². The molecule has 2 aromatic heterocycles. The van der Waals surface area contributed by atoms with Crippen molar-refractivity contribution in [2.24, 2.45) is 0 Å². The molecule has 0 amide bonds. The van der Waals surface area contributed by atoms with Crippen molar-refractivity contribution in [1.82, 2.24) is 24.5 Å². The van der Waals surface area contributed by atoms with Crippen LogP contribution >= 0.6 is 0 Å². The average molecular weight is 406 g/mol. The SMILES string of the molecule is Cc1cc(C)n(-c2cc(NCCNS(=O)(=O)CCC(F)(F)F)nc(C)n2)n1. The summed E-state index contributed by atoms with van der Waals surface area (Å²) in [6, 6.07) is 3.56. The highest BCUT2D eigenvalue weighted by atomic mass is 32.2. The molecule has 0 fully saturated rings. The molecule has 2 aromatic rings. The van der Waals surface area contributed by atoms with E-state index in [-0.39, 0.29) is 13.1 Å². The van der Waals surface area contributed by atoms with E-state index in [4.69, 9.17) is 0 Å². The highest BCUT2D eigenvalue weighted by molar-refractivity contribution is 7.89. The number of nitrogens with zero attached hydrogens (tertiary/aromatic N) is 4. The van der Waals surface area contributed by atoms with E-state index in [1.165, 1.54) is 0 Å². The molecule has 0 atom stereocenters. The van der Waals surface area contributed by atoms with Crippen LogP contribution in [0.3, 0.4) is 0 Å². The zero-order valence-corrected chi connectivity index (χ0v) is 15.9. The average Bonchev–Trinajstić information content (AvgIpc) is 2.87. The van der Waals surface area contributed by atoms with Crippen LogP contribution in [-0.4, -0.2) is 53.2 Å². The Bertz CT molecular complexity index is 895. The van der Waals surface area contributed by atoms with E-state index < -0.39 is 28.4 Å². The molecule has 0 spiro atoms. The molecule has 150 valence electrons. The number of anilines is 1. The minimum absolute atomic E-state index is 0.0710. The first kappa shape index (κ1) is 21.1. The lowest BCUT2D eigenvalue weighted by Gasteiger charge is -2.11. The second-order valence-corrected chi connectivity index (χ2v) is 7.93. The van der Waals surface area contributed by atoms with Gasteiger partial charge in [0.2, 0.25) is 10.0 Å². The largest absolute Gasteiger partial charge is 0.390 e. The molecular weight excluding hydrogens is 385 g/mol. The van der Waals surface area contributed by atoms with Gasteiger partial charge >= 0.3 is 6.18 Å². The molecule has 0 aromatic carbocycles. The van der Waals surface area contributed by atoms with Crippen molar-refractivity contribution in [3.63, 3.8) is 0 Å². The molecule has 0 unspecified atom stereocenters. The predicted molar refractivity (Wildman–Crippen MR) is 94.3 cm³/mol. The maximum absolute atomic E-state index is 12.1. The van der Waals surface area contributed by atoms with Gasteiger partial charge in [-0.25, -0.2) is 27.8 Å². The van der Waals surface area contributed by atoms with Crippen LogP contribution in [0.25, 0.3) is 5.82 Å². The highest BCUT2D eigenvalue weighted by Gasteiger charge is 2.29. The zero-order valence-electron chi connectivity index (χ0n) is 15.1. The number of halogens is 3. The van der Waals surface area contributed by atoms with Gasteiger partial charge in [0, 0.05) is 24.8 Å². The molecule has 0 aliphatic carbocycles. The Morgan fingerprint density at radius 1 is 1.11 bits per heavy atom. The zero-order chi connectivity index (χ0) is 20.2. The minimum Gasteiger partial charge on any atom is -0.369 e. The van der Waals surface area contributed by atoms with E-state index in [9.17, 15) is 21.6 Å². The van der Waals surface area contributed by atoms with Gasteiger partial charge in [-0.1, -0.05) is 0 Å². The molecule has 0 aliphatic heterocycles. The summed E-state index contributed by atoms with van der Waals surface area (Å²) < 4.78 is 63.2. The van der Waals surface area contributed by atoms with Crippen molar-refractivity contribution >= 4 is 15.8 Å². The molecule has 8 nitrogen and oxygen atoms in total. The van der Waals surface area contributed by atoms with Gasteiger partial charge in [-0.15, -0.1) is 0 Å². The molecule has 12 heteroatoms. The first-order chi connectivity index (χ1) is 12.5. The van der Waals surface area contributed by atoms with Crippen LogP contribution in [0, 0.1) is 20.8 Å². The van der Waals surface area contributed by atoms with Crippen LogP contribution in [0.2, 0.25) is 0 Å². The van der Waals surface area contributed by atoms with E-state index in [1.54, 1.807) is 17.7 Å². The number of alkyl halides is 3. The summed E-state index contributed by atoms with van der Waals surface area (Å²) in [5, 5.41) is 7.27. The van der Waals surface area contributed by atoms with Crippen LogP contribution in [-0.2, 0) is 10.0 Å². The topological polar surface area (TPSA) is 102 Å². The quantitative estimate of drug-likeness (QED) is 0.649. The van der Waals surface area contributed by atoms with Crippen LogP contribution < -0.4 is 10.0 Å². The standard InChI is InChI=1S/C15H21F3N6O2S/c1-10-8-11(2)24(23-10)14-9-13(21-12(3)22-14)19-5-6-20-27(25,26)7-4-15(16,17)18/h8-9,20H,4-7H2,1-3H3,(H,19,21,22). The molecule has 0 saturated carbocycles. The Labute approximate surface area is 155 Å². The molecule has 2 rings (SSSR count). The van der Waals surface area contributed by atoms with Gasteiger partial charge in [-0.2, -0.15) is 18.3 Å². The Hall–Kier alpha value is -2.21. The molecule has 27 heavy (non-hydrogen) atoms. The molecule has 0 bridgehead atoms. The third kappa shape index (κ3) is 6.79. The maximum Gasteiger partial charge on any atom is 0.390 e. The number of aryl methyl sites for hydroxylation is 3. The summed E-state index contributed by atoms with van der Waals surface area (Å²) in [5.74, 6) is 0.514.